The molecule has 0 spiro atoms. The zero-order valence-corrected chi connectivity index (χ0v) is 15.5. The van der Waals surface area contributed by atoms with Crippen LogP contribution in [-0.4, -0.2) is 5.11 Å². The molecule has 0 amide bonds. The lowest BCUT2D eigenvalue weighted by Crippen LogP contribution is -2.21. The molecule has 0 aliphatic carbocycles. The number of phenols is 1. The van der Waals surface area contributed by atoms with Crippen LogP contribution in [0.2, 0.25) is 0 Å². The summed E-state index contributed by atoms with van der Waals surface area (Å²) in [7, 11) is 0. The van der Waals surface area contributed by atoms with E-state index in [2.05, 4.69) is 45.0 Å². The van der Waals surface area contributed by atoms with Crippen LogP contribution in [0, 0.1) is 0 Å². The molecule has 1 N–H and O–H groups in total. The van der Waals surface area contributed by atoms with Crippen LogP contribution in [0.1, 0.15) is 76.0 Å². The summed E-state index contributed by atoms with van der Waals surface area (Å²) in [5.41, 5.74) is 3.56. The fraction of sp³-hybridized carbons (Fsp3) is 0.478. The Morgan fingerprint density at radius 3 is 2.04 bits per heavy atom. The number of para-hydroxylation sites is 1. The minimum Gasteiger partial charge on any atom is -0.508 e. The van der Waals surface area contributed by atoms with Gasteiger partial charge in [-0.25, -0.2) is 0 Å². The molecule has 0 saturated heterocycles. The summed E-state index contributed by atoms with van der Waals surface area (Å²) in [5.74, 6) is 0.386. The molecule has 0 aromatic heterocycles. The number of hydrogen-bond acceptors (Lipinski definition) is 1. The summed E-state index contributed by atoms with van der Waals surface area (Å²) in [5, 5.41) is 10.3. The van der Waals surface area contributed by atoms with Gasteiger partial charge >= 0.3 is 0 Å². The van der Waals surface area contributed by atoms with Gasteiger partial charge in [0.1, 0.15) is 5.75 Å². The maximum absolute atomic E-state index is 10.3. The van der Waals surface area contributed by atoms with Gasteiger partial charge in [0.2, 0.25) is 0 Å². The van der Waals surface area contributed by atoms with E-state index in [1.54, 1.807) is 6.07 Å². The highest BCUT2D eigenvalue weighted by atomic mass is 16.3. The molecule has 0 saturated carbocycles. The molecule has 0 aliphatic rings. The van der Waals surface area contributed by atoms with Crippen molar-refractivity contribution in [3.8, 4) is 5.75 Å². The zero-order valence-electron chi connectivity index (χ0n) is 15.5. The van der Waals surface area contributed by atoms with E-state index in [1.807, 2.05) is 18.2 Å². The first kappa shape index (κ1) is 18.6. The molecule has 0 radical (unpaired) electrons. The maximum Gasteiger partial charge on any atom is 0.119 e. The van der Waals surface area contributed by atoms with Crippen LogP contribution in [0.3, 0.4) is 0 Å². The first-order valence-corrected chi connectivity index (χ1v) is 9.44. The second kappa shape index (κ2) is 8.92. The second-order valence-corrected chi connectivity index (χ2v) is 7.32. The Bertz CT molecular complexity index is 627. The van der Waals surface area contributed by atoms with Gasteiger partial charge in [-0.1, -0.05) is 95.3 Å². The summed E-state index contributed by atoms with van der Waals surface area (Å²) >= 11 is 0. The number of phenolic OH excluding ortho intramolecular Hbond substituents is 1. The van der Waals surface area contributed by atoms with Gasteiger partial charge in [0.05, 0.1) is 0 Å². The van der Waals surface area contributed by atoms with E-state index in [0.29, 0.717) is 5.75 Å². The van der Waals surface area contributed by atoms with Gasteiger partial charge in [-0.3, -0.25) is 0 Å². The average Bonchev–Trinajstić information content (AvgIpc) is 2.58. The van der Waals surface area contributed by atoms with Gasteiger partial charge in [0.15, 0.2) is 0 Å². The smallest absolute Gasteiger partial charge is 0.119 e. The largest absolute Gasteiger partial charge is 0.508 e. The third-order valence-electron chi connectivity index (χ3n) is 5.07. The topological polar surface area (TPSA) is 20.2 Å². The highest BCUT2D eigenvalue weighted by molar-refractivity contribution is 5.47. The van der Waals surface area contributed by atoms with Gasteiger partial charge in [0.25, 0.3) is 0 Å². The third kappa shape index (κ3) is 4.63. The number of aryl methyl sites for hydroxylation is 1. The SMILES string of the molecule is CCCCCCCCc1ccccc1C(C)(C)c1ccccc1O. The highest BCUT2D eigenvalue weighted by Crippen LogP contribution is 2.38. The Kier molecular flexibility index (Phi) is 6.90. The molecule has 130 valence electrons. The Labute approximate surface area is 147 Å². The number of aromatic hydroxyl groups is 1. The molecule has 2 aromatic rings. The van der Waals surface area contributed by atoms with Crippen molar-refractivity contribution in [1.82, 2.24) is 0 Å². The Balaban J connectivity index is 2.12. The van der Waals surface area contributed by atoms with Crippen molar-refractivity contribution in [2.24, 2.45) is 0 Å². The van der Waals surface area contributed by atoms with Crippen LogP contribution in [0.25, 0.3) is 0 Å². The van der Waals surface area contributed by atoms with E-state index in [9.17, 15) is 5.11 Å². The molecule has 1 heteroatoms. The fourth-order valence-electron chi connectivity index (χ4n) is 3.59. The van der Waals surface area contributed by atoms with Crippen LogP contribution in [-0.2, 0) is 11.8 Å². The zero-order chi connectivity index (χ0) is 17.4. The number of rotatable bonds is 9. The lowest BCUT2D eigenvalue weighted by atomic mass is 9.75. The molecule has 2 rings (SSSR count). The first-order valence-electron chi connectivity index (χ1n) is 9.44. The highest BCUT2D eigenvalue weighted by Gasteiger charge is 2.27. The third-order valence-corrected chi connectivity index (χ3v) is 5.07. The predicted octanol–water partition coefficient (Wildman–Crippen LogP) is 6.62. The second-order valence-electron chi connectivity index (χ2n) is 7.32. The first-order chi connectivity index (χ1) is 11.6. The van der Waals surface area contributed by atoms with E-state index < -0.39 is 0 Å². The Morgan fingerprint density at radius 1 is 0.750 bits per heavy atom. The summed E-state index contributed by atoms with van der Waals surface area (Å²) < 4.78 is 0. The molecular weight excluding hydrogens is 292 g/mol. The van der Waals surface area contributed by atoms with E-state index in [4.69, 9.17) is 0 Å². The maximum atomic E-state index is 10.3. The van der Waals surface area contributed by atoms with Crippen LogP contribution < -0.4 is 0 Å². The van der Waals surface area contributed by atoms with Crippen LogP contribution in [0.15, 0.2) is 48.5 Å². The van der Waals surface area contributed by atoms with Crippen molar-refractivity contribution in [2.75, 3.05) is 0 Å². The van der Waals surface area contributed by atoms with Gasteiger partial charge in [-0.2, -0.15) is 0 Å². The molecular formula is C23H32O. The molecule has 0 bridgehead atoms. The van der Waals surface area contributed by atoms with E-state index in [-0.39, 0.29) is 5.41 Å². The van der Waals surface area contributed by atoms with Crippen LogP contribution in [0.4, 0.5) is 0 Å². The van der Waals surface area contributed by atoms with Crippen molar-refractivity contribution >= 4 is 0 Å². The minimum absolute atomic E-state index is 0.190. The molecule has 0 unspecified atom stereocenters. The van der Waals surface area contributed by atoms with Gasteiger partial charge in [-0.05, 0) is 30.0 Å². The summed E-state index contributed by atoms with van der Waals surface area (Å²) in [6.45, 7) is 6.68. The minimum atomic E-state index is -0.190. The summed E-state index contributed by atoms with van der Waals surface area (Å²) in [6.07, 6.45) is 9.05. The average molecular weight is 325 g/mol. The van der Waals surface area contributed by atoms with E-state index in [1.165, 1.54) is 49.7 Å². The summed E-state index contributed by atoms with van der Waals surface area (Å²) in [6, 6.07) is 16.4. The van der Waals surface area contributed by atoms with Crippen LogP contribution in [0.5, 0.6) is 5.75 Å². The normalized spacial score (nSPS) is 11.6. The number of benzene rings is 2. The standard InChI is InChI=1S/C23H32O/c1-4-5-6-7-8-9-14-19-15-10-11-16-20(19)23(2,3)21-17-12-13-18-22(21)24/h10-13,15-18,24H,4-9,14H2,1-3H3. The van der Waals surface area contributed by atoms with Crippen LogP contribution >= 0.6 is 0 Å². The molecule has 0 atom stereocenters. The number of unbranched alkanes of at least 4 members (excludes halogenated alkanes) is 5. The quantitative estimate of drug-likeness (QED) is 0.514. The molecule has 24 heavy (non-hydrogen) atoms. The Hall–Kier alpha value is -1.76. The fourth-order valence-corrected chi connectivity index (χ4v) is 3.59. The summed E-state index contributed by atoms with van der Waals surface area (Å²) in [4.78, 5) is 0. The lowest BCUT2D eigenvalue weighted by Gasteiger charge is -2.29. The van der Waals surface area contributed by atoms with Crippen molar-refractivity contribution in [3.05, 3.63) is 65.2 Å². The van der Waals surface area contributed by atoms with Crippen molar-refractivity contribution in [3.63, 3.8) is 0 Å². The predicted molar refractivity (Wildman–Crippen MR) is 104 cm³/mol. The van der Waals surface area contributed by atoms with E-state index >= 15 is 0 Å². The Morgan fingerprint density at radius 2 is 1.33 bits per heavy atom. The van der Waals surface area contributed by atoms with E-state index in [0.717, 1.165) is 12.0 Å². The molecule has 0 fully saturated rings. The van der Waals surface area contributed by atoms with Gasteiger partial charge in [-0.15, -0.1) is 0 Å². The van der Waals surface area contributed by atoms with Crippen molar-refractivity contribution in [1.29, 1.82) is 0 Å². The number of hydrogen-bond donors (Lipinski definition) is 1. The molecule has 0 heterocycles. The molecule has 1 nitrogen and oxygen atoms in total. The molecule has 0 aliphatic heterocycles. The lowest BCUT2D eigenvalue weighted by molar-refractivity contribution is 0.452. The van der Waals surface area contributed by atoms with Crippen molar-refractivity contribution in [2.45, 2.75) is 71.1 Å². The van der Waals surface area contributed by atoms with Crippen molar-refractivity contribution < 1.29 is 5.11 Å². The van der Waals surface area contributed by atoms with Gasteiger partial charge < -0.3 is 5.11 Å². The van der Waals surface area contributed by atoms with Gasteiger partial charge in [0, 0.05) is 11.0 Å². The molecule has 2 aromatic carbocycles. The monoisotopic (exact) mass is 324 g/mol.